The van der Waals surface area contributed by atoms with Crippen LogP contribution in [0.3, 0.4) is 0 Å². The van der Waals surface area contributed by atoms with E-state index in [9.17, 15) is 9.59 Å². The van der Waals surface area contributed by atoms with Crippen molar-refractivity contribution in [3.8, 4) is 0 Å². The van der Waals surface area contributed by atoms with Gasteiger partial charge in [-0.2, -0.15) is 4.98 Å². The Morgan fingerprint density at radius 2 is 2.27 bits per heavy atom. The molecule has 3 rings (SSSR count). The Kier molecular flexibility index (Phi) is 5.80. The molecule has 2 fully saturated rings. The fraction of sp³-hybridized carbons (Fsp3) is 0.722. The maximum atomic E-state index is 12.2. The lowest BCUT2D eigenvalue weighted by molar-refractivity contribution is -0.138. The number of anilines is 1. The second kappa shape index (κ2) is 8.07. The Labute approximate surface area is 153 Å². The average molecular weight is 365 g/mol. The second-order valence-electron chi connectivity index (χ2n) is 7.15. The molecule has 3 heterocycles. The number of aliphatic hydroxyl groups is 1. The van der Waals surface area contributed by atoms with E-state index in [2.05, 4.69) is 9.88 Å². The molecule has 1 spiro atoms. The molecule has 144 valence electrons. The molecule has 0 unspecified atom stereocenters. The van der Waals surface area contributed by atoms with Crippen LogP contribution in [-0.4, -0.2) is 66.3 Å². The lowest BCUT2D eigenvalue weighted by Crippen LogP contribution is -2.54. The lowest BCUT2D eigenvalue weighted by atomic mass is 9.73. The van der Waals surface area contributed by atoms with Crippen molar-refractivity contribution >= 4 is 17.9 Å². The minimum Gasteiger partial charge on any atom is -0.461 e. The van der Waals surface area contributed by atoms with Gasteiger partial charge in [-0.3, -0.25) is 4.79 Å². The minimum absolute atomic E-state index is 0.0141. The van der Waals surface area contributed by atoms with E-state index in [1.54, 1.807) is 6.92 Å². The van der Waals surface area contributed by atoms with E-state index in [1.807, 2.05) is 4.90 Å². The number of hydrogen-bond donors (Lipinski definition) is 1. The first kappa shape index (κ1) is 18.7. The molecule has 1 amide bonds. The first-order chi connectivity index (χ1) is 12.6. The fourth-order valence-electron chi connectivity index (χ4n) is 3.98. The van der Waals surface area contributed by atoms with Crippen molar-refractivity contribution in [2.45, 2.75) is 39.0 Å². The van der Waals surface area contributed by atoms with E-state index in [4.69, 9.17) is 14.3 Å². The molecular weight excluding hydrogens is 338 g/mol. The molecule has 2 saturated heterocycles. The summed E-state index contributed by atoms with van der Waals surface area (Å²) < 4.78 is 10.5. The van der Waals surface area contributed by atoms with Gasteiger partial charge in [0, 0.05) is 44.6 Å². The second-order valence-corrected chi connectivity index (χ2v) is 7.15. The number of ether oxygens (including phenoxy) is 1. The quantitative estimate of drug-likeness (QED) is 0.762. The summed E-state index contributed by atoms with van der Waals surface area (Å²) in [4.78, 5) is 32.2. The van der Waals surface area contributed by atoms with Gasteiger partial charge in [0.25, 0.3) is 6.01 Å². The van der Waals surface area contributed by atoms with Gasteiger partial charge >= 0.3 is 5.97 Å². The summed E-state index contributed by atoms with van der Waals surface area (Å²) in [6, 6.07) is 0.436. The average Bonchev–Trinajstić information content (AvgIpc) is 3.13. The zero-order valence-electron chi connectivity index (χ0n) is 15.3. The number of nitrogens with zero attached hydrogens (tertiary/aromatic N) is 3. The van der Waals surface area contributed by atoms with Gasteiger partial charge in [-0.25, -0.2) is 4.79 Å². The third-order valence-electron chi connectivity index (χ3n) is 5.24. The summed E-state index contributed by atoms with van der Waals surface area (Å²) in [6.45, 7) is 5.01. The van der Waals surface area contributed by atoms with Crippen molar-refractivity contribution in [1.29, 1.82) is 0 Å². The molecule has 8 heteroatoms. The largest absolute Gasteiger partial charge is 0.461 e. The number of esters is 1. The topological polar surface area (TPSA) is 96.1 Å². The number of aromatic nitrogens is 1. The predicted octanol–water partition coefficient (Wildman–Crippen LogP) is 1.44. The summed E-state index contributed by atoms with van der Waals surface area (Å²) >= 11 is 0. The van der Waals surface area contributed by atoms with Gasteiger partial charge in [-0.05, 0) is 32.6 Å². The van der Waals surface area contributed by atoms with Crippen LogP contribution in [0.25, 0.3) is 0 Å². The molecule has 1 aromatic rings. The molecule has 1 N–H and O–H groups in total. The molecule has 2 aliphatic rings. The third kappa shape index (κ3) is 4.00. The maximum Gasteiger partial charge on any atom is 0.360 e. The third-order valence-corrected chi connectivity index (χ3v) is 5.24. The number of amides is 1. The summed E-state index contributed by atoms with van der Waals surface area (Å²) in [5.41, 5.74) is 0.199. The van der Waals surface area contributed by atoms with Gasteiger partial charge < -0.3 is 24.1 Å². The van der Waals surface area contributed by atoms with E-state index in [0.29, 0.717) is 38.6 Å². The van der Waals surface area contributed by atoms with Crippen LogP contribution < -0.4 is 4.90 Å². The standard InChI is InChI=1S/C18H27N3O5/c1-2-25-16(24)14-11-26-17(19-14)21-8-3-6-18(13-21)7-5-15(23)20(12-18)9-4-10-22/h11,22H,2-10,12-13H2,1H3/t18-/m1/s1. The number of aliphatic hydroxyl groups excluding tert-OH is 1. The van der Waals surface area contributed by atoms with E-state index < -0.39 is 5.97 Å². The summed E-state index contributed by atoms with van der Waals surface area (Å²) in [6.07, 6.45) is 5.38. The molecule has 1 atom stereocenters. The Bertz CT molecular complexity index is 647. The first-order valence-corrected chi connectivity index (χ1v) is 9.33. The van der Waals surface area contributed by atoms with Crippen LogP contribution in [0.5, 0.6) is 0 Å². The van der Waals surface area contributed by atoms with Crippen LogP contribution in [0.15, 0.2) is 10.7 Å². The van der Waals surface area contributed by atoms with Crippen LogP contribution in [0.1, 0.15) is 49.5 Å². The van der Waals surface area contributed by atoms with Crippen molar-refractivity contribution < 1.29 is 23.8 Å². The van der Waals surface area contributed by atoms with Gasteiger partial charge in [0.15, 0.2) is 5.69 Å². The Hall–Kier alpha value is -2.09. The summed E-state index contributed by atoms with van der Waals surface area (Å²) in [5.74, 6) is -0.311. The highest BCUT2D eigenvalue weighted by Crippen LogP contribution is 2.40. The van der Waals surface area contributed by atoms with Gasteiger partial charge in [-0.15, -0.1) is 0 Å². The van der Waals surface area contributed by atoms with E-state index in [1.165, 1.54) is 6.26 Å². The van der Waals surface area contributed by atoms with Crippen LogP contribution in [0.4, 0.5) is 6.01 Å². The normalized spacial score (nSPS) is 23.5. The lowest BCUT2D eigenvalue weighted by Gasteiger charge is -2.47. The number of likely N-dealkylation sites (tertiary alicyclic amines) is 1. The van der Waals surface area contributed by atoms with Gasteiger partial charge in [-0.1, -0.05) is 0 Å². The Morgan fingerprint density at radius 3 is 3.04 bits per heavy atom. The van der Waals surface area contributed by atoms with Crippen LogP contribution in [0, 0.1) is 5.41 Å². The zero-order valence-corrected chi connectivity index (χ0v) is 15.3. The van der Waals surface area contributed by atoms with Crippen molar-refractivity contribution in [2.75, 3.05) is 44.3 Å². The van der Waals surface area contributed by atoms with Crippen molar-refractivity contribution in [2.24, 2.45) is 5.41 Å². The SMILES string of the molecule is CCOC(=O)c1coc(N2CCC[C@]3(CCC(=O)N(CCCO)C3)C2)n1. The molecule has 0 saturated carbocycles. The smallest absolute Gasteiger partial charge is 0.360 e. The van der Waals surface area contributed by atoms with Crippen molar-refractivity contribution in [3.63, 3.8) is 0 Å². The number of carbonyl (C=O) groups is 2. The monoisotopic (exact) mass is 365 g/mol. The molecule has 0 aliphatic carbocycles. The fourth-order valence-corrected chi connectivity index (χ4v) is 3.98. The van der Waals surface area contributed by atoms with Crippen molar-refractivity contribution in [3.05, 3.63) is 12.0 Å². The number of oxazole rings is 1. The van der Waals surface area contributed by atoms with E-state index in [-0.39, 0.29) is 23.6 Å². The molecule has 1 aromatic heterocycles. The number of hydrogen-bond acceptors (Lipinski definition) is 7. The summed E-state index contributed by atoms with van der Waals surface area (Å²) in [5, 5.41) is 9.06. The van der Waals surface area contributed by atoms with Crippen LogP contribution >= 0.6 is 0 Å². The first-order valence-electron chi connectivity index (χ1n) is 9.33. The van der Waals surface area contributed by atoms with Crippen LogP contribution in [-0.2, 0) is 9.53 Å². The molecule has 26 heavy (non-hydrogen) atoms. The minimum atomic E-state index is -0.479. The Balaban J connectivity index is 1.69. The molecule has 0 aromatic carbocycles. The van der Waals surface area contributed by atoms with E-state index >= 15 is 0 Å². The predicted molar refractivity (Wildman–Crippen MR) is 93.9 cm³/mol. The maximum absolute atomic E-state index is 12.2. The highest BCUT2D eigenvalue weighted by atomic mass is 16.5. The Morgan fingerprint density at radius 1 is 1.42 bits per heavy atom. The van der Waals surface area contributed by atoms with Crippen molar-refractivity contribution in [1.82, 2.24) is 9.88 Å². The summed E-state index contributed by atoms with van der Waals surface area (Å²) in [7, 11) is 0. The van der Waals surface area contributed by atoms with E-state index in [0.717, 1.165) is 32.4 Å². The van der Waals surface area contributed by atoms with Gasteiger partial charge in [0.1, 0.15) is 6.26 Å². The molecular formula is C18H27N3O5. The number of carbonyl (C=O) groups excluding carboxylic acids is 2. The molecule has 0 bridgehead atoms. The number of piperidine rings is 2. The van der Waals surface area contributed by atoms with Gasteiger partial charge in [0.05, 0.1) is 6.61 Å². The molecule has 8 nitrogen and oxygen atoms in total. The molecule has 0 radical (unpaired) electrons. The highest BCUT2D eigenvalue weighted by molar-refractivity contribution is 5.87. The van der Waals surface area contributed by atoms with Gasteiger partial charge in [0.2, 0.25) is 5.91 Å². The molecule has 2 aliphatic heterocycles. The van der Waals surface area contributed by atoms with Crippen LogP contribution in [0.2, 0.25) is 0 Å². The highest BCUT2D eigenvalue weighted by Gasteiger charge is 2.42. The zero-order chi connectivity index (χ0) is 18.6. The number of rotatable bonds is 6.